The number of hydrogen-bond acceptors (Lipinski definition) is 2. The van der Waals surface area contributed by atoms with Crippen molar-refractivity contribution >= 4 is 0 Å². The highest BCUT2D eigenvalue weighted by Gasteiger charge is 2.15. The number of benzene rings is 2. The smallest absolute Gasteiger partial charge is 0.129 e. The van der Waals surface area contributed by atoms with Crippen LogP contribution in [0.25, 0.3) is 0 Å². The molecule has 118 valence electrons. The molecule has 4 heteroatoms. The molecule has 0 aliphatic rings. The molecule has 2 unspecified atom stereocenters. The van der Waals surface area contributed by atoms with Crippen LogP contribution in [0, 0.1) is 11.6 Å². The SMILES string of the molecule is CCc1ccc(C(C)NCC(O)c2cc(F)ccc2F)cc1. The van der Waals surface area contributed by atoms with Gasteiger partial charge in [-0.2, -0.15) is 0 Å². The van der Waals surface area contributed by atoms with Crippen LogP contribution in [0.4, 0.5) is 8.78 Å². The lowest BCUT2D eigenvalue weighted by Gasteiger charge is -2.18. The fourth-order valence-electron chi connectivity index (χ4n) is 2.33. The van der Waals surface area contributed by atoms with Crippen LogP contribution in [0.3, 0.4) is 0 Å². The lowest BCUT2D eigenvalue weighted by atomic mass is 10.0. The summed E-state index contributed by atoms with van der Waals surface area (Å²) in [7, 11) is 0. The Morgan fingerprint density at radius 1 is 1.09 bits per heavy atom. The minimum absolute atomic E-state index is 0.0113. The number of aliphatic hydroxyl groups is 1. The van der Waals surface area contributed by atoms with Gasteiger partial charge in [-0.1, -0.05) is 31.2 Å². The Morgan fingerprint density at radius 3 is 2.41 bits per heavy atom. The molecule has 0 heterocycles. The molecule has 0 aliphatic heterocycles. The van der Waals surface area contributed by atoms with Crippen LogP contribution in [0.15, 0.2) is 42.5 Å². The molecule has 0 spiro atoms. The van der Waals surface area contributed by atoms with Crippen molar-refractivity contribution in [3.05, 3.63) is 70.8 Å². The molecule has 0 saturated heterocycles. The summed E-state index contributed by atoms with van der Waals surface area (Å²) in [4.78, 5) is 0. The Bertz CT molecular complexity index is 613. The molecule has 2 aromatic carbocycles. The molecule has 0 radical (unpaired) electrons. The molecular weight excluding hydrogens is 284 g/mol. The Labute approximate surface area is 129 Å². The van der Waals surface area contributed by atoms with Gasteiger partial charge in [0.2, 0.25) is 0 Å². The largest absolute Gasteiger partial charge is 0.387 e. The maximum atomic E-state index is 13.6. The number of hydrogen-bond donors (Lipinski definition) is 2. The van der Waals surface area contributed by atoms with Gasteiger partial charge in [0.05, 0.1) is 6.10 Å². The topological polar surface area (TPSA) is 32.3 Å². The van der Waals surface area contributed by atoms with Crippen molar-refractivity contribution in [1.82, 2.24) is 5.32 Å². The zero-order valence-electron chi connectivity index (χ0n) is 12.8. The van der Waals surface area contributed by atoms with Crippen molar-refractivity contribution in [3.63, 3.8) is 0 Å². The summed E-state index contributed by atoms with van der Waals surface area (Å²) in [5, 5.41) is 13.2. The predicted octanol–water partition coefficient (Wildman–Crippen LogP) is 3.91. The summed E-state index contributed by atoms with van der Waals surface area (Å²) >= 11 is 0. The Kier molecular flexibility index (Phi) is 5.63. The summed E-state index contributed by atoms with van der Waals surface area (Å²) in [6.07, 6.45) is -0.104. The first-order valence-corrected chi connectivity index (χ1v) is 7.46. The first-order chi connectivity index (χ1) is 10.5. The van der Waals surface area contributed by atoms with E-state index in [4.69, 9.17) is 0 Å². The number of aliphatic hydroxyl groups excluding tert-OH is 1. The van der Waals surface area contributed by atoms with Gasteiger partial charge >= 0.3 is 0 Å². The molecule has 2 N–H and O–H groups in total. The third-order valence-corrected chi connectivity index (χ3v) is 3.82. The van der Waals surface area contributed by atoms with Gasteiger partial charge in [0.25, 0.3) is 0 Å². The van der Waals surface area contributed by atoms with E-state index in [9.17, 15) is 13.9 Å². The quantitative estimate of drug-likeness (QED) is 0.848. The molecule has 2 atom stereocenters. The molecule has 0 fully saturated rings. The molecule has 22 heavy (non-hydrogen) atoms. The van der Waals surface area contributed by atoms with Crippen LogP contribution in [0.1, 0.15) is 42.7 Å². The van der Waals surface area contributed by atoms with E-state index in [0.717, 1.165) is 30.2 Å². The van der Waals surface area contributed by atoms with E-state index in [-0.39, 0.29) is 18.2 Å². The van der Waals surface area contributed by atoms with E-state index in [2.05, 4.69) is 24.4 Å². The molecule has 2 nitrogen and oxygen atoms in total. The summed E-state index contributed by atoms with van der Waals surface area (Å²) in [6.45, 7) is 4.22. The lowest BCUT2D eigenvalue weighted by Crippen LogP contribution is -2.25. The zero-order valence-corrected chi connectivity index (χ0v) is 12.8. The average molecular weight is 305 g/mol. The second-order valence-electron chi connectivity index (χ2n) is 5.41. The van der Waals surface area contributed by atoms with Gasteiger partial charge in [0, 0.05) is 18.2 Å². The van der Waals surface area contributed by atoms with Crippen molar-refractivity contribution in [2.75, 3.05) is 6.54 Å². The van der Waals surface area contributed by atoms with E-state index in [1.165, 1.54) is 5.56 Å². The summed E-state index contributed by atoms with van der Waals surface area (Å²) < 4.78 is 26.7. The number of nitrogens with one attached hydrogen (secondary N) is 1. The van der Waals surface area contributed by atoms with Gasteiger partial charge < -0.3 is 10.4 Å². The molecule has 2 aromatic rings. The van der Waals surface area contributed by atoms with E-state index < -0.39 is 17.7 Å². The van der Waals surface area contributed by atoms with E-state index in [0.29, 0.717) is 0 Å². The minimum Gasteiger partial charge on any atom is -0.387 e. The van der Waals surface area contributed by atoms with Gasteiger partial charge in [0.15, 0.2) is 0 Å². The third-order valence-electron chi connectivity index (χ3n) is 3.82. The number of rotatable bonds is 6. The maximum absolute atomic E-state index is 13.6. The predicted molar refractivity (Wildman–Crippen MR) is 83.6 cm³/mol. The fraction of sp³-hybridized carbons (Fsp3) is 0.333. The van der Waals surface area contributed by atoms with Crippen molar-refractivity contribution in [1.29, 1.82) is 0 Å². The van der Waals surface area contributed by atoms with Gasteiger partial charge in [0.1, 0.15) is 11.6 Å². The highest BCUT2D eigenvalue weighted by atomic mass is 19.1. The van der Waals surface area contributed by atoms with Crippen LogP contribution >= 0.6 is 0 Å². The van der Waals surface area contributed by atoms with Gasteiger partial charge in [-0.05, 0) is 42.7 Å². The van der Waals surface area contributed by atoms with E-state index >= 15 is 0 Å². The first-order valence-electron chi connectivity index (χ1n) is 7.46. The van der Waals surface area contributed by atoms with Crippen molar-refractivity contribution < 1.29 is 13.9 Å². The number of halogens is 2. The number of aryl methyl sites for hydroxylation is 1. The second kappa shape index (κ2) is 7.47. The van der Waals surface area contributed by atoms with E-state index in [1.807, 2.05) is 19.1 Å². The van der Waals surface area contributed by atoms with Crippen LogP contribution in [-0.4, -0.2) is 11.7 Å². The standard InChI is InChI=1S/C18H21F2NO/c1-3-13-4-6-14(7-5-13)12(2)21-11-18(22)16-10-15(19)8-9-17(16)20/h4-10,12,18,21-22H,3,11H2,1-2H3. The van der Waals surface area contributed by atoms with Gasteiger partial charge in [-0.15, -0.1) is 0 Å². The van der Waals surface area contributed by atoms with Crippen LogP contribution in [-0.2, 0) is 6.42 Å². The van der Waals surface area contributed by atoms with Crippen LogP contribution < -0.4 is 5.32 Å². The maximum Gasteiger partial charge on any atom is 0.129 e. The van der Waals surface area contributed by atoms with Crippen molar-refractivity contribution in [3.8, 4) is 0 Å². The normalized spacial score (nSPS) is 13.9. The van der Waals surface area contributed by atoms with Crippen molar-refractivity contribution in [2.45, 2.75) is 32.4 Å². The van der Waals surface area contributed by atoms with Crippen LogP contribution in [0.2, 0.25) is 0 Å². The molecule has 0 aromatic heterocycles. The molecule has 0 aliphatic carbocycles. The van der Waals surface area contributed by atoms with Crippen LogP contribution in [0.5, 0.6) is 0 Å². The first kappa shape index (κ1) is 16.6. The highest BCUT2D eigenvalue weighted by Crippen LogP contribution is 2.19. The monoisotopic (exact) mass is 305 g/mol. The average Bonchev–Trinajstić information content (AvgIpc) is 2.54. The Balaban J connectivity index is 1.97. The Hall–Kier alpha value is -1.78. The summed E-state index contributed by atoms with van der Waals surface area (Å²) in [5.41, 5.74) is 2.32. The Morgan fingerprint density at radius 2 is 1.77 bits per heavy atom. The molecular formula is C18H21F2NO. The minimum atomic E-state index is -1.09. The molecule has 2 rings (SSSR count). The zero-order chi connectivity index (χ0) is 16.1. The molecule has 0 bridgehead atoms. The fourth-order valence-corrected chi connectivity index (χ4v) is 2.33. The lowest BCUT2D eigenvalue weighted by molar-refractivity contribution is 0.166. The van der Waals surface area contributed by atoms with Crippen molar-refractivity contribution in [2.24, 2.45) is 0 Å². The third kappa shape index (κ3) is 4.12. The molecule has 0 saturated carbocycles. The summed E-state index contributed by atoms with van der Waals surface area (Å²) in [5.74, 6) is -1.16. The second-order valence-corrected chi connectivity index (χ2v) is 5.41. The highest BCUT2D eigenvalue weighted by molar-refractivity contribution is 5.25. The molecule has 0 amide bonds. The summed E-state index contributed by atoms with van der Waals surface area (Å²) in [6, 6.07) is 11.3. The van der Waals surface area contributed by atoms with Gasteiger partial charge in [-0.25, -0.2) is 8.78 Å². The van der Waals surface area contributed by atoms with E-state index in [1.54, 1.807) is 0 Å². The van der Waals surface area contributed by atoms with Gasteiger partial charge in [-0.3, -0.25) is 0 Å².